The highest BCUT2D eigenvalue weighted by molar-refractivity contribution is 5.31. The van der Waals surface area contributed by atoms with Crippen LogP contribution in [-0.4, -0.2) is 54.1 Å². The van der Waals surface area contributed by atoms with Gasteiger partial charge in [-0.1, -0.05) is 18.2 Å². The summed E-state index contributed by atoms with van der Waals surface area (Å²) in [5.74, 6) is 0.813. The molecule has 2 atom stereocenters. The van der Waals surface area contributed by atoms with Gasteiger partial charge in [-0.2, -0.15) is 0 Å². The number of aliphatic hydroxyl groups is 2. The van der Waals surface area contributed by atoms with Gasteiger partial charge in [0.15, 0.2) is 0 Å². The molecule has 2 N–H and O–H groups in total. The summed E-state index contributed by atoms with van der Waals surface area (Å²) >= 11 is 0. The van der Waals surface area contributed by atoms with Gasteiger partial charge in [-0.15, -0.1) is 0 Å². The van der Waals surface area contributed by atoms with Gasteiger partial charge in [-0.25, -0.2) is 0 Å². The van der Waals surface area contributed by atoms with Gasteiger partial charge in [0.1, 0.15) is 18.5 Å². The van der Waals surface area contributed by atoms with E-state index in [1.807, 2.05) is 43.1 Å². The summed E-state index contributed by atoms with van der Waals surface area (Å²) in [5, 5.41) is 19.1. The number of benzene rings is 1. The molecule has 1 aromatic rings. The second kappa shape index (κ2) is 8.15. The molecule has 0 radical (unpaired) electrons. The normalized spacial score (nSPS) is 14.4. The summed E-state index contributed by atoms with van der Waals surface area (Å²) in [5.41, 5.74) is 1.07. The molecule has 1 aromatic carbocycles. The van der Waals surface area contributed by atoms with E-state index >= 15 is 0 Å². The van der Waals surface area contributed by atoms with E-state index in [0.717, 1.165) is 17.9 Å². The zero-order chi connectivity index (χ0) is 14.3. The van der Waals surface area contributed by atoms with Gasteiger partial charge in [-0.05, 0) is 38.9 Å². The van der Waals surface area contributed by atoms with Crippen molar-refractivity contribution in [1.29, 1.82) is 0 Å². The summed E-state index contributed by atoms with van der Waals surface area (Å²) < 4.78 is 5.60. The van der Waals surface area contributed by atoms with Crippen molar-refractivity contribution < 1.29 is 14.9 Å². The molecule has 0 spiro atoms. The molecule has 0 fully saturated rings. The van der Waals surface area contributed by atoms with Gasteiger partial charge in [0, 0.05) is 13.1 Å². The smallest absolute Gasteiger partial charge is 0.122 e. The SMILES string of the molecule is Cc1ccccc1OCC(O)CN(C)CCC(C)O. The van der Waals surface area contributed by atoms with Crippen LogP contribution in [0.2, 0.25) is 0 Å². The van der Waals surface area contributed by atoms with Crippen LogP contribution in [0.1, 0.15) is 18.9 Å². The number of ether oxygens (including phenoxy) is 1. The first-order chi connectivity index (χ1) is 8.99. The Labute approximate surface area is 115 Å². The molecule has 4 nitrogen and oxygen atoms in total. The van der Waals surface area contributed by atoms with E-state index in [4.69, 9.17) is 4.74 Å². The molecule has 0 aromatic heterocycles. The maximum atomic E-state index is 9.91. The van der Waals surface area contributed by atoms with Gasteiger partial charge in [0.05, 0.1) is 6.10 Å². The fraction of sp³-hybridized carbons (Fsp3) is 0.600. The number of aliphatic hydroxyl groups excluding tert-OH is 2. The molecule has 0 heterocycles. The number of para-hydroxylation sites is 1. The topological polar surface area (TPSA) is 52.9 Å². The van der Waals surface area contributed by atoms with Crippen LogP contribution >= 0.6 is 0 Å². The lowest BCUT2D eigenvalue weighted by Gasteiger charge is -2.21. The number of likely N-dealkylation sites (N-methyl/N-ethyl adjacent to an activating group) is 1. The third kappa shape index (κ3) is 6.57. The quantitative estimate of drug-likeness (QED) is 0.748. The molecule has 0 aliphatic rings. The van der Waals surface area contributed by atoms with Crippen LogP contribution < -0.4 is 4.74 Å². The highest BCUT2D eigenvalue weighted by Crippen LogP contribution is 2.16. The lowest BCUT2D eigenvalue weighted by molar-refractivity contribution is 0.0706. The zero-order valence-corrected chi connectivity index (χ0v) is 12.0. The molecule has 0 aliphatic carbocycles. The highest BCUT2D eigenvalue weighted by Gasteiger charge is 2.10. The predicted octanol–water partition coefficient (Wildman–Crippen LogP) is 1.44. The second-order valence-corrected chi connectivity index (χ2v) is 5.13. The second-order valence-electron chi connectivity index (χ2n) is 5.13. The average molecular weight is 267 g/mol. The molecule has 4 heteroatoms. The molecule has 2 unspecified atom stereocenters. The first-order valence-electron chi connectivity index (χ1n) is 6.72. The van der Waals surface area contributed by atoms with Gasteiger partial charge in [0.25, 0.3) is 0 Å². The Morgan fingerprint density at radius 3 is 2.58 bits per heavy atom. The van der Waals surface area contributed by atoms with Gasteiger partial charge in [-0.3, -0.25) is 0 Å². The number of hydrogen-bond donors (Lipinski definition) is 2. The number of aryl methyl sites for hydroxylation is 1. The minimum absolute atomic E-state index is 0.282. The number of nitrogens with zero attached hydrogens (tertiary/aromatic N) is 1. The molecule has 0 saturated carbocycles. The monoisotopic (exact) mass is 267 g/mol. The zero-order valence-electron chi connectivity index (χ0n) is 12.0. The van der Waals surface area contributed by atoms with Crippen LogP contribution in [0.4, 0.5) is 0 Å². The minimum Gasteiger partial charge on any atom is -0.491 e. The Morgan fingerprint density at radius 2 is 1.95 bits per heavy atom. The van der Waals surface area contributed by atoms with E-state index in [0.29, 0.717) is 13.0 Å². The van der Waals surface area contributed by atoms with E-state index in [2.05, 4.69) is 0 Å². The van der Waals surface area contributed by atoms with Crippen molar-refractivity contribution in [1.82, 2.24) is 4.90 Å². The van der Waals surface area contributed by atoms with Crippen molar-refractivity contribution in [3.63, 3.8) is 0 Å². The summed E-state index contributed by atoms with van der Waals surface area (Å²) in [4.78, 5) is 2.00. The fourth-order valence-electron chi connectivity index (χ4n) is 1.82. The van der Waals surface area contributed by atoms with Crippen LogP contribution in [0.25, 0.3) is 0 Å². The Bertz CT molecular complexity index is 368. The van der Waals surface area contributed by atoms with E-state index in [-0.39, 0.29) is 12.7 Å². The summed E-state index contributed by atoms with van der Waals surface area (Å²) in [6.07, 6.45) is -0.122. The van der Waals surface area contributed by atoms with Crippen LogP contribution in [0.3, 0.4) is 0 Å². The Kier molecular flexibility index (Phi) is 6.84. The maximum Gasteiger partial charge on any atom is 0.122 e. The first kappa shape index (κ1) is 16.0. The van der Waals surface area contributed by atoms with E-state index < -0.39 is 6.10 Å². The largest absolute Gasteiger partial charge is 0.491 e. The van der Waals surface area contributed by atoms with Crippen molar-refractivity contribution in [2.24, 2.45) is 0 Å². The number of rotatable bonds is 8. The fourth-order valence-corrected chi connectivity index (χ4v) is 1.82. The van der Waals surface area contributed by atoms with Crippen molar-refractivity contribution in [3.8, 4) is 5.75 Å². The summed E-state index contributed by atoms with van der Waals surface area (Å²) in [6.45, 7) is 5.34. The average Bonchev–Trinajstić information content (AvgIpc) is 2.35. The van der Waals surface area contributed by atoms with E-state index in [9.17, 15) is 10.2 Å². The van der Waals surface area contributed by atoms with Crippen molar-refractivity contribution in [2.75, 3.05) is 26.7 Å². The van der Waals surface area contributed by atoms with E-state index in [1.54, 1.807) is 6.92 Å². The van der Waals surface area contributed by atoms with Gasteiger partial charge >= 0.3 is 0 Å². The van der Waals surface area contributed by atoms with E-state index in [1.165, 1.54) is 0 Å². The van der Waals surface area contributed by atoms with Gasteiger partial charge < -0.3 is 19.8 Å². The lowest BCUT2D eigenvalue weighted by Crippen LogP contribution is -2.34. The lowest BCUT2D eigenvalue weighted by atomic mass is 10.2. The standard InChI is InChI=1S/C15H25NO3/c1-12-6-4-5-7-15(12)19-11-14(18)10-16(3)9-8-13(2)17/h4-7,13-14,17-18H,8-11H2,1-3H3. The van der Waals surface area contributed by atoms with Crippen molar-refractivity contribution >= 4 is 0 Å². The molecule has 0 amide bonds. The predicted molar refractivity (Wildman–Crippen MR) is 76.5 cm³/mol. The van der Waals surface area contributed by atoms with Crippen LogP contribution in [0, 0.1) is 6.92 Å². The van der Waals surface area contributed by atoms with Gasteiger partial charge in [0.2, 0.25) is 0 Å². The molecule has 19 heavy (non-hydrogen) atoms. The molecule has 1 rings (SSSR count). The molecule has 108 valence electrons. The van der Waals surface area contributed by atoms with Crippen LogP contribution in [0.15, 0.2) is 24.3 Å². The van der Waals surface area contributed by atoms with Crippen molar-refractivity contribution in [2.45, 2.75) is 32.5 Å². The first-order valence-corrected chi connectivity index (χ1v) is 6.72. The highest BCUT2D eigenvalue weighted by atomic mass is 16.5. The van der Waals surface area contributed by atoms with Crippen LogP contribution in [0.5, 0.6) is 5.75 Å². The Balaban J connectivity index is 2.28. The number of hydrogen-bond acceptors (Lipinski definition) is 4. The molecule has 0 aliphatic heterocycles. The van der Waals surface area contributed by atoms with Crippen LogP contribution in [-0.2, 0) is 0 Å². The third-order valence-corrected chi connectivity index (χ3v) is 2.98. The summed E-state index contributed by atoms with van der Waals surface area (Å²) in [7, 11) is 1.93. The van der Waals surface area contributed by atoms with Crippen molar-refractivity contribution in [3.05, 3.63) is 29.8 Å². The maximum absolute atomic E-state index is 9.91. The molecule has 0 bridgehead atoms. The Morgan fingerprint density at radius 1 is 1.26 bits per heavy atom. The summed E-state index contributed by atoms with van der Waals surface area (Å²) in [6, 6.07) is 7.77. The Hall–Kier alpha value is -1.10. The molecular weight excluding hydrogens is 242 g/mol. The minimum atomic E-state index is -0.529. The molecular formula is C15H25NO3. The molecule has 0 saturated heterocycles. The third-order valence-electron chi connectivity index (χ3n) is 2.98.